The predicted molar refractivity (Wildman–Crippen MR) is 108 cm³/mol. The molecule has 1 aliphatic rings. The van der Waals surface area contributed by atoms with Gasteiger partial charge in [-0.25, -0.2) is 9.59 Å². The Morgan fingerprint density at radius 3 is 2.34 bits per heavy atom. The maximum absolute atomic E-state index is 12.3. The van der Waals surface area contributed by atoms with Crippen LogP contribution in [0.4, 0.5) is 11.4 Å². The van der Waals surface area contributed by atoms with Crippen LogP contribution in [0, 0.1) is 10.1 Å². The number of allylic oxidation sites excluding steroid dienone is 2. The molecular weight excluding hydrogens is 376 g/mol. The summed E-state index contributed by atoms with van der Waals surface area (Å²) in [6.07, 6.45) is 4.40. The largest absolute Gasteiger partial charge is 0.478 e. The Bertz CT molecular complexity index is 854. The molecule has 0 radical (unpaired) electrons. The first-order valence-electron chi connectivity index (χ1n) is 9.59. The molecule has 0 aliphatic carbocycles. The lowest BCUT2D eigenvalue weighted by Crippen LogP contribution is -2.31. The summed E-state index contributed by atoms with van der Waals surface area (Å²) in [4.78, 5) is 36.4. The van der Waals surface area contributed by atoms with Crippen LogP contribution in [0.5, 0.6) is 0 Å². The molecule has 0 atom stereocenters. The number of hydrogen-bond donors (Lipinski definition) is 1. The summed E-state index contributed by atoms with van der Waals surface area (Å²) in [5, 5.41) is 20.8. The minimum Gasteiger partial charge on any atom is -0.478 e. The SMILES string of the molecule is CCCCCCC1=C(C(=O)O)CC(C(=O)OC)=C(C)N1c1ccc([N+](=O)[O-])cc1. The molecule has 8 heteroatoms. The minimum atomic E-state index is -1.09. The fourth-order valence-corrected chi connectivity index (χ4v) is 3.48. The number of rotatable bonds is 9. The lowest BCUT2D eigenvalue weighted by molar-refractivity contribution is -0.384. The van der Waals surface area contributed by atoms with E-state index in [-0.39, 0.29) is 23.3 Å². The van der Waals surface area contributed by atoms with Gasteiger partial charge in [-0.1, -0.05) is 26.2 Å². The van der Waals surface area contributed by atoms with Crippen LogP contribution in [-0.2, 0) is 14.3 Å². The Morgan fingerprint density at radius 2 is 1.83 bits per heavy atom. The van der Waals surface area contributed by atoms with Crippen LogP contribution in [0.2, 0.25) is 0 Å². The average Bonchev–Trinajstić information content (AvgIpc) is 2.70. The summed E-state index contributed by atoms with van der Waals surface area (Å²) >= 11 is 0. The first-order valence-corrected chi connectivity index (χ1v) is 9.59. The molecule has 0 amide bonds. The maximum Gasteiger partial charge on any atom is 0.335 e. The zero-order valence-corrected chi connectivity index (χ0v) is 16.9. The highest BCUT2D eigenvalue weighted by Crippen LogP contribution is 2.38. The molecule has 0 fully saturated rings. The molecule has 0 saturated carbocycles. The number of carbonyl (C=O) groups is 2. The number of nitro benzene ring substituents is 1. The first kappa shape index (κ1) is 22.1. The number of esters is 1. The van der Waals surface area contributed by atoms with Crippen LogP contribution < -0.4 is 4.90 Å². The number of unbranched alkanes of at least 4 members (excludes halogenated alkanes) is 3. The zero-order valence-electron chi connectivity index (χ0n) is 16.9. The molecule has 0 spiro atoms. The van der Waals surface area contributed by atoms with Crippen molar-refractivity contribution in [3.63, 3.8) is 0 Å². The van der Waals surface area contributed by atoms with E-state index in [0.29, 0.717) is 23.5 Å². The summed E-state index contributed by atoms with van der Waals surface area (Å²) in [5.41, 5.74) is 2.09. The van der Waals surface area contributed by atoms with Crippen LogP contribution in [0.25, 0.3) is 0 Å². The summed E-state index contributed by atoms with van der Waals surface area (Å²) in [5.74, 6) is -1.67. The smallest absolute Gasteiger partial charge is 0.335 e. The molecule has 1 aromatic rings. The van der Waals surface area contributed by atoms with Gasteiger partial charge >= 0.3 is 11.9 Å². The Morgan fingerprint density at radius 1 is 1.17 bits per heavy atom. The third-order valence-electron chi connectivity index (χ3n) is 5.02. The number of carbonyl (C=O) groups excluding carboxylic acids is 1. The van der Waals surface area contributed by atoms with Gasteiger partial charge in [0.05, 0.1) is 23.2 Å². The molecule has 0 unspecified atom stereocenters. The summed E-state index contributed by atoms with van der Waals surface area (Å²) in [7, 11) is 1.25. The number of hydrogen-bond acceptors (Lipinski definition) is 6. The topological polar surface area (TPSA) is 110 Å². The third-order valence-corrected chi connectivity index (χ3v) is 5.02. The van der Waals surface area contributed by atoms with Gasteiger partial charge in [-0.3, -0.25) is 10.1 Å². The normalized spacial score (nSPS) is 14.2. The van der Waals surface area contributed by atoms with E-state index in [9.17, 15) is 24.8 Å². The van der Waals surface area contributed by atoms with Gasteiger partial charge in [0.15, 0.2) is 0 Å². The van der Waals surface area contributed by atoms with Crippen molar-refractivity contribution in [1.82, 2.24) is 0 Å². The number of nitrogens with zero attached hydrogens (tertiary/aromatic N) is 2. The van der Waals surface area contributed by atoms with Gasteiger partial charge in [0, 0.05) is 35.6 Å². The number of ether oxygens (including phenoxy) is 1. The number of benzene rings is 1. The highest BCUT2D eigenvalue weighted by molar-refractivity contribution is 5.97. The van der Waals surface area contributed by atoms with E-state index in [4.69, 9.17) is 4.74 Å². The molecule has 1 aliphatic heterocycles. The molecule has 0 saturated heterocycles. The van der Waals surface area contributed by atoms with Crippen molar-refractivity contribution < 1.29 is 24.4 Å². The van der Waals surface area contributed by atoms with E-state index in [2.05, 4.69) is 6.92 Å². The molecule has 0 aromatic heterocycles. The Hall–Kier alpha value is -3.16. The third kappa shape index (κ3) is 5.01. The van der Waals surface area contributed by atoms with Gasteiger partial charge < -0.3 is 14.7 Å². The van der Waals surface area contributed by atoms with E-state index < -0.39 is 16.9 Å². The van der Waals surface area contributed by atoms with Gasteiger partial charge in [0.2, 0.25) is 0 Å². The number of non-ortho nitro benzene ring substituents is 1. The van der Waals surface area contributed by atoms with E-state index in [1.165, 1.54) is 19.2 Å². The Balaban J connectivity index is 2.55. The van der Waals surface area contributed by atoms with Gasteiger partial charge in [0.1, 0.15) is 0 Å². The number of aliphatic carboxylic acids is 1. The predicted octanol–water partition coefficient (Wildman–Crippen LogP) is 4.56. The molecule has 1 heterocycles. The van der Waals surface area contributed by atoms with E-state index in [0.717, 1.165) is 25.7 Å². The molecule has 1 aromatic carbocycles. The van der Waals surface area contributed by atoms with Crippen molar-refractivity contribution in [3.05, 3.63) is 56.9 Å². The van der Waals surface area contributed by atoms with Crippen molar-refractivity contribution >= 4 is 23.3 Å². The van der Waals surface area contributed by atoms with E-state index >= 15 is 0 Å². The second-order valence-corrected chi connectivity index (χ2v) is 6.88. The summed E-state index contributed by atoms with van der Waals surface area (Å²) in [6.45, 7) is 3.83. The lowest BCUT2D eigenvalue weighted by atomic mass is 9.93. The average molecular weight is 402 g/mol. The van der Waals surface area contributed by atoms with Crippen molar-refractivity contribution in [2.75, 3.05) is 12.0 Å². The molecular formula is C21H26N2O6. The Labute approximate surface area is 169 Å². The molecule has 29 heavy (non-hydrogen) atoms. The second-order valence-electron chi connectivity index (χ2n) is 6.88. The molecule has 1 N–H and O–H groups in total. The van der Waals surface area contributed by atoms with Crippen LogP contribution in [-0.4, -0.2) is 29.1 Å². The van der Waals surface area contributed by atoms with Crippen LogP contribution in [0.3, 0.4) is 0 Å². The van der Waals surface area contributed by atoms with Crippen molar-refractivity contribution in [1.29, 1.82) is 0 Å². The van der Waals surface area contributed by atoms with Crippen molar-refractivity contribution in [3.8, 4) is 0 Å². The second kappa shape index (κ2) is 9.86. The first-order chi connectivity index (χ1) is 13.8. The lowest BCUT2D eigenvalue weighted by Gasteiger charge is -2.35. The monoisotopic (exact) mass is 402 g/mol. The minimum absolute atomic E-state index is 0.0135. The van der Waals surface area contributed by atoms with Crippen molar-refractivity contribution in [2.24, 2.45) is 0 Å². The van der Waals surface area contributed by atoms with Crippen LogP contribution in [0.1, 0.15) is 52.4 Å². The quantitative estimate of drug-likeness (QED) is 0.279. The Kier molecular flexibility index (Phi) is 7.52. The van der Waals surface area contributed by atoms with E-state index in [1.54, 1.807) is 24.0 Å². The molecule has 156 valence electrons. The van der Waals surface area contributed by atoms with Gasteiger partial charge in [0.25, 0.3) is 5.69 Å². The van der Waals surface area contributed by atoms with E-state index in [1.807, 2.05) is 0 Å². The standard InChI is InChI=1S/C21H26N2O6/c1-4-5-6-7-8-19-18(20(24)25)13-17(21(26)29-3)14(2)22(19)15-9-11-16(12-10-15)23(27)28/h9-12H,4-8,13H2,1-3H3,(H,24,25). The number of methoxy groups -OCH3 is 1. The fraction of sp³-hybridized carbons (Fsp3) is 0.429. The highest BCUT2D eigenvalue weighted by Gasteiger charge is 2.32. The van der Waals surface area contributed by atoms with Gasteiger partial charge in [-0.05, 0) is 31.9 Å². The number of carboxylic acid groups (broad SMARTS) is 1. The van der Waals surface area contributed by atoms with Crippen molar-refractivity contribution in [2.45, 2.75) is 52.4 Å². The number of anilines is 1. The number of nitro groups is 1. The molecule has 2 rings (SSSR count). The summed E-state index contributed by atoms with van der Waals surface area (Å²) in [6, 6.07) is 5.86. The maximum atomic E-state index is 12.3. The van der Waals surface area contributed by atoms with Gasteiger partial charge in [-0.2, -0.15) is 0 Å². The summed E-state index contributed by atoms with van der Waals surface area (Å²) < 4.78 is 4.84. The van der Waals surface area contributed by atoms with Crippen LogP contribution >= 0.6 is 0 Å². The highest BCUT2D eigenvalue weighted by atomic mass is 16.6. The molecule has 0 bridgehead atoms. The van der Waals surface area contributed by atoms with Gasteiger partial charge in [-0.15, -0.1) is 0 Å². The van der Waals surface area contributed by atoms with Crippen LogP contribution in [0.15, 0.2) is 46.8 Å². The molecule has 8 nitrogen and oxygen atoms in total. The fourth-order valence-electron chi connectivity index (χ4n) is 3.48. The number of carboxylic acids is 1. The zero-order chi connectivity index (χ0) is 21.6.